The zero-order valence-corrected chi connectivity index (χ0v) is 13.7. The van der Waals surface area contributed by atoms with E-state index in [4.69, 9.17) is 4.74 Å². The number of anilines is 1. The molecule has 0 atom stereocenters. The average molecular weight is 355 g/mol. The summed E-state index contributed by atoms with van der Waals surface area (Å²) in [7, 11) is 0. The summed E-state index contributed by atoms with van der Waals surface area (Å²) >= 11 is 1.27. The van der Waals surface area contributed by atoms with Gasteiger partial charge in [-0.1, -0.05) is 12.1 Å². The number of carbonyl (C=O) groups excluding carboxylic acids is 1. The minimum absolute atomic E-state index is 0.00817. The van der Waals surface area contributed by atoms with E-state index in [0.29, 0.717) is 17.3 Å². The van der Waals surface area contributed by atoms with Gasteiger partial charge < -0.3 is 10.1 Å². The molecule has 1 heterocycles. The molecule has 126 valence electrons. The highest BCUT2D eigenvalue weighted by Gasteiger charge is 2.07. The van der Waals surface area contributed by atoms with E-state index < -0.39 is 4.92 Å². The van der Waals surface area contributed by atoms with Crippen LogP contribution in [-0.4, -0.2) is 15.2 Å². The molecule has 7 nitrogen and oxygen atoms in total. The molecular formula is C17H13N3O4S. The Labute approximate surface area is 147 Å². The van der Waals surface area contributed by atoms with E-state index in [1.54, 1.807) is 35.7 Å². The van der Waals surface area contributed by atoms with Crippen LogP contribution < -0.4 is 10.1 Å². The molecule has 1 N–H and O–H groups in total. The maximum absolute atomic E-state index is 11.9. The van der Waals surface area contributed by atoms with Gasteiger partial charge in [0.1, 0.15) is 17.3 Å². The lowest BCUT2D eigenvalue weighted by Gasteiger charge is -2.07. The second kappa shape index (κ2) is 7.54. The van der Waals surface area contributed by atoms with Crippen molar-refractivity contribution >= 4 is 28.9 Å². The van der Waals surface area contributed by atoms with E-state index in [1.807, 2.05) is 0 Å². The quantitative estimate of drug-likeness (QED) is 0.532. The molecule has 0 aliphatic heterocycles. The number of hydrogen-bond donors (Lipinski definition) is 1. The van der Waals surface area contributed by atoms with Crippen LogP contribution in [0.4, 0.5) is 11.5 Å². The molecule has 8 heteroatoms. The Morgan fingerprint density at radius 1 is 1.08 bits per heavy atom. The van der Waals surface area contributed by atoms with E-state index in [9.17, 15) is 14.9 Å². The molecule has 0 radical (unpaired) electrons. The van der Waals surface area contributed by atoms with Crippen molar-refractivity contribution in [2.24, 2.45) is 0 Å². The lowest BCUT2D eigenvalue weighted by Crippen LogP contribution is -2.14. The van der Waals surface area contributed by atoms with Crippen molar-refractivity contribution in [3.8, 4) is 11.5 Å². The normalized spacial score (nSPS) is 10.2. The Balaban J connectivity index is 1.58. The summed E-state index contributed by atoms with van der Waals surface area (Å²) in [6.45, 7) is 0. The van der Waals surface area contributed by atoms with Crippen LogP contribution in [0.3, 0.4) is 0 Å². The standard InChI is InChI=1S/C17H13N3O4S/c21-17(18-16-9-10-25-19-16)11-12-1-5-14(6-2-12)24-15-7-3-13(4-8-15)20(22)23/h1-10H,11H2,(H,18,19,21). The number of benzene rings is 2. The molecule has 0 saturated heterocycles. The average Bonchev–Trinajstić information content (AvgIpc) is 3.10. The van der Waals surface area contributed by atoms with Gasteiger partial charge in [-0.25, -0.2) is 0 Å². The number of hydrogen-bond acceptors (Lipinski definition) is 6. The molecule has 0 fully saturated rings. The molecule has 1 amide bonds. The third kappa shape index (κ3) is 4.61. The fourth-order valence-corrected chi connectivity index (χ4v) is 2.57. The van der Waals surface area contributed by atoms with Gasteiger partial charge in [0.05, 0.1) is 11.3 Å². The number of aromatic nitrogens is 1. The maximum atomic E-state index is 11.9. The molecule has 2 aromatic carbocycles. The molecule has 0 spiro atoms. The molecule has 0 aliphatic carbocycles. The first-order valence-electron chi connectivity index (χ1n) is 7.31. The predicted octanol–water partition coefficient (Wildman–Crippen LogP) is 4.02. The monoisotopic (exact) mass is 355 g/mol. The summed E-state index contributed by atoms with van der Waals surface area (Å²) in [6, 6.07) is 14.6. The molecule has 3 rings (SSSR count). The minimum atomic E-state index is -0.463. The smallest absolute Gasteiger partial charge is 0.269 e. The van der Waals surface area contributed by atoms with Gasteiger partial charge in [0.15, 0.2) is 0 Å². The highest BCUT2D eigenvalue weighted by atomic mass is 32.1. The Hall–Kier alpha value is -3.26. The third-order valence-corrected chi connectivity index (χ3v) is 3.84. The number of nitro benzene ring substituents is 1. The predicted molar refractivity (Wildman–Crippen MR) is 94.1 cm³/mol. The third-order valence-electron chi connectivity index (χ3n) is 3.28. The molecule has 0 bridgehead atoms. The maximum Gasteiger partial charge on any atom is 0.269 e. The van der Waals surface area contributed by atoms with Gasteiger partial charge in [-0.15, -0.1) is 0 Å². The van der Waals surface area contributed by atoms with Crippen LogP contribution in [0.15, 0.2) is 60.0 Å². The lowest BCUT2D eigenvalue weighted by atomic mass is 10.1. The van der Waals surface area contributed by atoms with Crippen molar-refractivity contribution in [3.05, 3.63) is 75.7 Å². The Morgan fingerprint density at radius 3 is 2.28 bits per heavy atom. The van der Waals surface area contributed by atoms with Gasteiger partial charge in [0, 0.05) is 17.5 Å². The van der Waals surface area contributed by atoms with E-state index in [-0.39, 0.29) is 18.0 Å². The first-order valence-corrected chi connectivity index (χ1v) is 8.15. The summed E-state index contributed by atoms with van der Waals surface area (Å²) in [5.74, 6) is 1.49. The fraction of sp³-hybridized carbons (Fsp3) is 0.0588. The topological polar surface area (TPSA) is 94.4 Å². The van der Waals surface area contributed by atoms with Crippen molar-refractivity contribution in [2.45, 2.75) is 6.42 Å². The first kappa shape index (κ1) is 16.6. The second-order valence-corrected chi connectivity index (χ2v) is 5.77. The number of amides is 1. The highest BCUT2D eigenvalue weighted by molar-refractivity contribution is 7.03. The van der Waals surface area contributed by atoms with E-state index in [0.717, 1.165) is 5.56 Å². The Kier molecular flexibility index (Phi) is 5.00. The number of ether oxygens (including phenoxy) is 1. The van der Waals surface area contributed by atoms with E-state index >= 15 is 0 Å². The lowest BCUT2D eigenvalue weighted by molar-refractivity contribution is -0.384. The van der Waals surface area contributed by atoms with Gasteiger partial charge >= 0.3 is 0 Å². The molecule has 3 aromatic rings. The SMILES string of the molecule is O=C(Cc1ccc(Oc2ccc([N+](=O)[O-])cc2)cc1)Nc1ccsn1. The van der Waals surface area contributed by atoms with Crippen molar-refractivity contribution in [3.63, 3.8) is 0 Å². The van der Waals surface area contributed by atoms with Crippen LogP contribution in [0, 0.1) is 10.1 Å². The number of rotatable bonds is 6. The fourth-order valence-electron chi connectivity index (χ4n) is 2.10. The van der Waals surface area contributed by atoms with Gasteiger partial charge in [-0.05, 0) is 47.4 Å². The number of non-ortho nitro benzene ring substituents is 1. The number of nitrogens with one attached hydrogen (secondary N) is 1. The van der Waals surface area contributed by atoms with Gasteiger partial charge in [-0.3, -0.25) is 14.9 Å². The van der Waals surface area contributed by atoms with Crippen LogP contribution in [0.25, 0.3) is 0 Å². The number of carbonyl (C=O) groups is 1. The van der Waals surface area contributed by atoms with Gasteiger partial charge in [-0.2, -0.15) is 4.37 Å². The van der Waals surface area contributed by atoms with Gasteiger partial charge in [0.2, 0.25) is 5.91 Å². The largest absolute Gasteiger partial charge is 0.457 e. The van der Waals surface area contributed by atoms with Crippen LogP contribution in [0.5, 0.6) is 11.5 Å². The molecule has 0 saturated carbocycles. The minimum Gasteiger partial charge on any atom is -0.457 e. The Morgan fingerprint density at radius 2 is 1.72 bits per heavy atom. The van der Waals surface area contributed by atoms with Crippen LogP contribution >= 0.6 is 11.5 Å². The molecule has 0 unspecified atom stereocenters. The summed E-state index contributed by atoms with van der Waals surface area (Å²) in [5, 5.41) is 15.1. The van der Waals surface area contributed by atoms with Crippen molar-refractivity contribution in [1.82, 2.24) is 4.37 Å². The molecule has 0 aliphatic rings. The first-order chi connectivity index (χ1) is 12.1. The molecule has 1 aromatic heterocycles. The van der Waals surface area contributed by atoms with E-state index in [2.05, 4.69) is 9.69 Å². The summed E-state index contributed by atoms with van der Waals surface area (Å²) in [5.41, 5.74) is 0.845. The zero-order chi connectivity index (χ0) is 17.6. The zero-order valence-electron chi connectivity index (χ0n) is 12.9. The summed E-state index contributed by atoms with van der Waals surface area (Å²) in [4.78, 5) is 22.1. The number of nitrogens with zero attached hydrogens (tertiary/aromatic N) is 2. The Bertz CT molecular complexity index is 862. The summed E-state index contributed by atoms with van der Waals surface area (Å²) < 4.78 is 9.65. The molecular weight excluding hydrogens is 342 g/mol. The van der Waals surface area contributed by atoms with E-state index in [1.165, 1.54) is 35.8 Å². The van der Waals surface area contributed by atoms with Crippen LogP contribution in [0.1, 0.15) is 5.56 Å². The van der Waals surface area contributed by atoms with Crippen LogP contribution in [-0.2, 0) is 11.2 Å². The van der Waals surface area contributed by atoms with Gasteiger partial charge in [0.25, 0.3) is 5.69 Å². The number of nitro groups is 1. The van der Waals surface area contributed by atoms with Crippen molar-refractivity contribution < 1.29 is 14.5 Å². The van der Waals surface area contributed by atoms with Crippen LogP contribution in [0.2, 0.25) is 0 Å². The highest BCUT2D eigenvalue weighted by Crippen LogP contribution is 2.24. The van der Waals surface area contributed by atoms with Crippen molar-refractivity contribution in [1.29, 1.82) is 0 Å². The second-order valence-electron chi connectivity index (χ2n) is 5.11. The van der Waals surface area contributed by atoms with Crippen molar-refractivity contribution in [2.75, 3.05) is 5.32 Å². The molecule has 25 heavy (non-hydrogen) atoms. The summed E-state index contributed by atoms with van der Waals surface area (Å²) in [6.07, 6.45) is 0.231.